The first-order valence-electron chi connectivity index (χ1n) is 9.43. The SMILES string of the molecule is Cc1cc(C)cc(C(CC(=O)O)CC(=O)CNC(=O)c2cccc(N=C(N)N)c2)c1. The summed E-state index contributed by atoms with van der Waals surface area (Å²) in [4.78, 5) is 40.0. The molecule has 8 heteroatoms. The molecule has 158 valence electrons. The highest BCUT2D eigenvalue weighted by atomic mass is 16.4. The maximum Gasteiger partial charge on any atom is 0.303 e. The molecule has 0 aliphatic heterocycles. The fourth-order valence-electron chi connectivity index (χ4n) is 3.26. The van der Waals surface area contributed by atoms with Crippen LogP contribution in [0, 0.1) is 13.8 Å². The standard InChI is InChI=1S/C22H26N4O4/c1-13-6-14(2)8-16(7-13)17(11-20(28)29)10-19(27)12-25-21(30)15-4-3-5-18(9-15)26-22(23)24/h3-9,17H,10-12H2,1-2H3,(H,25,30)(H,28,29)(H4,23,24,26). The number of Topliss-reactive ketones (excluding diaryl/α,β-unsaturated/α-hetero) is 1. The van der Waals surface area contributed by atoms with Crippen molar-refractivity contribution in [3.8, 4) is 0 Å². The summed E-state index contributed by atoms with van der Waals surface area (Å²) in [6.45, 7) is 3.64. The zero-order valence-electron chi connectivity index (χ0n) is 17.0. The molecule has 1 atom stereocenters. The molecule has 2 aromatic rings. The molecular weight excluding hydrogens is 384 g/mol. The Hall–Kier alpha value is -3.68. The van der Waals surface area contributed by atoms with Crippen LogP contribution >= 0.6 is 0 Å². The number of nitrogens with two attached hydrogens (primary N) is 2. The number of nitrogens with one attached hydrogen (secondary N) is 1. The summed E-state index contributed by atoms with van der Waals surface area (Å²) in [5.74, 6) is -2.27. The van der Waals surface area contributed by atoms with Crippen molar-refractivity contribution in [2.45, 2.75) is 32.6 Å². The molecule has 1 unspecified atom stereocenters. The monoisotopic (exact) mass is 410 g/mol. The summed E-state index contributed by atoms with van der Waals surface area (Å²) in [5.41, 5.74) is 14.2. The van der Waals surface area contributed by atoms with Crippen LogP contribution in [0.15, 0.2) is 47.5 Å². The Bertz CT molecular complexity index is 961. The predicted octanol–water partition coefficient (Wildman–Crippen LogP) is 2.16. The number of hydrogen-bond acceptors (Lipinski definition) is 4. The molecule has 0 aliphatic carbocycles. The molecule has 0 bridgehead atoms. The zero-order chi connectivity index (χ0) is 22.3. The van der Waals surface area contributed by atoms with Gasteiger partial charge in [0.25, 0.3) is 5.91 Å². The molecule has 0 radical (unpaired) electrons. The molecule has 0 heterocycles. The van der Waals surface area contributed by atoms with E-state index < -0.39 is 17.8 Å². The van der Waals surface area contributed by atoms with Gasteiger partial charge in [-0.25, -0.2) is 4.99 Å². The van der Waals surface area contributed by atoms with Crippen molar-refractivity contribution < 1.29 is 19.5 Å². The molecular formula is C22H26N4O4. The first-order chi connectivity index (χ1) is 14.1. The highest BCUT2D eigenvalue weighted by Gasteiger charge is 2.20. The van der Waals surface area contributed by atoms with Gasteiger partial charge in [0.2, 0.25) is 0 Å². The van der Waals surface area contributed by atoms with Crippen LogP contribution in [0.25, 0.3) is 0 Å². The quantitative estimate of drug-likeness (QED) is 0.368. The number of carboxylic acids is 1. The first kappa shape index (κ1) is 22.6. The Labute approximate surface area is 175 Å². The van der Waals surface area contributed by atoms with Gasteiger partial charge in [-0.2, -0.15) is 0 Å². The maximum atomic E-state index is 12.5. The third kappa shape index (κ3) is 7.05. The molecule has 6 N–H and O–H groups in total. The number of aryl methyl sites for hydroxylation is 2. The van der Waals surface area contributed by atoms with Gasteiger partial charge in [0, 0.05) is 17.9 Å². The topological polar surface area (TPSA) is 148 Å². The Morgan fingerprint density at radius 2 is 1.70 bits per heavy atom. The highest BCUT2D eigenvalue weighted by molar-refractivity contribution is 5.97. The number of amides is 1. The molecule has 8 nitrogen and oxygen atoms in total. The number of benzene rings is 2. The first-order valence-corrected chi connectivity index (χ1v) is 9.43. The number of carbonyl (C=O) groups is 3. The summed E-state index contributed by atoms with van der Waals surface area (Å²) < 4.78 is 0. The number of carboxylic acid groups (broad SMARTS) is 1. The van der Waals surface area contributed by atoms with Gasteiger partial charge in [0.05, 0.1) is 18.7 Å². The van der Waals surface area contributed by atoms with Gasteiger partial charge < -0.3 is 21.9 Å². The highest BCUT2D eigenvalue weighted by Crippen LogP contribution is 2.26. The number of hydrogen-bond donors (Lipinski definition) is 4. The van der Waals surface area contributed by atoms with E-state index in [9.17, 15) is 19.5 Å². The number of aliphatic imine (C=N–C) groups is 1. The number of aliphatic carboxylic acids is 1. The van der Waals surface area contributed by atoms with Gasteiger partial charge in [-0.05, 0) is 37.6 Å². The molecule has 0 spiro atoms. The Morgan fingerprint density at radius 3 is 2.30 bits per heavy atom. The van der Waals surface area contributed by atoms with E-state index in [0.29, 0.717) is 11.3 Å². The summed E-state index contributed by atoms with van der Waals surface area (Å²) in [7, 11) is 0. The van der Waals surface area contributed by atoms with E-state index in [-0.39, 0.29) is 31.1 Å². The Morgan fingerprint density at radius 1 is 1.03 bits per heavy atom. The fraction of sp³-hybridized carbons (Fsp3) is 0.273. The average Bonchev–Trinajstić information content (AvgIpc) is 2.64. The second-order valence-electron chi connectivity index (χ2n) is 7.23. The lowest BCUT2D eigenvalue weighted by Gasteiger charge is -2.16. The van der Waals surface area contributed by atoms with Gasteiger partial charge in [-0.1, -0.05) is 35.4 Å². The van der Waals surface area contributed by atoms with E-state index in [1.54, 1.807) is 18.2 Å². The molecule has 2 aromatic carbocycles. The van der Waals surface area contributed by atoms with Crippen molar-refractivity contribution in [2.24, 2.45) is 16.5 Å². The van der Waals surface area contributed by atoms with Crippen LogP contribution in [-0.2, 0) is 9.59 Å². The molecule has 1 amide bonds. The second-order valence-corrected chi connectivity index (χ2v) is 7.23. The van der Waals surface area contributed by atoms with Crippen LogP contribution in [0.5, 0.6) is 0 Å². The summed E-state index contributed by atoms with van der Waals surface area (Å²) in [6.07, 6.45) is -0.146. The van der Waals surface area contributed by atoms with Crippen LogP contribution in [0.1, 0.15) is 45.8 Å². The van der Waals surface area contributed by atoms with E-state index in [4.69, 9.17) is 11.5 Å². The molecule has 0 fully saturated rings. The maximum absolute atomic E-state index is 12.5. The van der Waals surface area contributed by atoms with Crippen molar-refractivity contribution in [3.63, 3.8) is 0 Å². The van der Waals surface area contributed by atoms with E-state index in [1.165, 1.54) is 6.07 Å². The van der Waals surface area contributed by atoms with Crippen molar-refractivity contribution in [3.05, 3.63) is 64.7 Å². The molecule has 0 aliphatic rings. The van der Waals surface area contributed by atoms with Crippen LogP contribution in [0.3, 0.4) is 0 Å². The summed E-state index contributed by atoms with van der Waals surface area (Å²) >= 11 is 0. The minimum Gasteiger partial charge on any atom is -0.481 e. The number of rotatable bonds is 9. The van der Waals surface area contributed by atoms with Gasteiger partial charge in [0.1, 0.15) is 0 Å². The fourth-order valence-corrected chi connectivity index (χ4v) is 3.26. The predicted molar refractivity (Wildman–Crippen MR) is 115 cm³/mol. The van der Waals surface area contributed by atoms with E-state index in [2.05, 4.69) is 10.3 Å². The van der Waals surface area contributed by atoms with Gasteiger partial charge in [-0.3, -0.25) is 14.4 Å². The smallest absolute Gasteiger partial charge is 0.303 e. The molecule has 0 saturated carbocycles. The number of ketones is 1. The molecule has 0 saturated heterocycles. The largest absolute Gasteiger partial charge is 0.481 e. The third-order valence-corrected chi connectivity index (χ3v) is 4.42. The second kappa shape index (κ2) is 10.2. The van der Waals surface area contributed by atoms with Crippen LogP contribution < -0.4 is 16.8 Å². The van der Waals surface area contributed by atoms with Crippen molar-refractivity contribution in [1.82, 2.24) is 5.32 Å². The minimum absolute atomic E-state index is 0.0174. The lowest BCUT2D eigenvalue weighted by Crippen LogP contribution is -2.30. The van der Waals surface area contributed by atoms with Crippen molar-refractivity contribution in [1.29, 1.82) is 0 Å². The number of nitrogens with zero attached hydrogens (tertiary/aromatic N) is 1. The lowest BCUT2D eigenvalue weighted by atomic mass is 9.89. The minimum atomic E-state index is -0.979. The zero-order valence-corrected chi connectivity index (χ0v) is 17.0. The number of carbonyl (C=O) groups excluding carboxylic acids is 2. The summed E-state index contributed by atoms with van der Waals surface area (Å²) in [6, 6.07) is 12.1. The van der Waals surface area contributed by atoms with E-state index >= 15 is 0 Å². The van der Waals surface area contributed by atoms with Crippen molar-refractivity contribution in [2.75, 3.05) is 6.54 Å². The van der Waals surface area contributed by atoms with E-state index in [0.717, 1.165) is 16.7 Å². The Kier molecular flexibility index (Phi) is 7.69. The van der Waals surface area contributed by atoms with Crippen LogP contribution in [-0.4, -0.2) is 35.3 Å². The summed E-state index contributed by atoms with van der Waals surface area (Å²) in [5, 5.41) is 11.8. The van der Waals surface area contributed by atoms with Crippen molar-refractivity contribution >= 4 is 29.3 Å². The van der Waals surface area contributed by atoms with Crippen LogP contribution in [0.2, 0.25) is 0 Å². The van der Waals surface area contributed by atoms with Gasteiger partial charge >= 0.3 is 5.97 Å². The van der Waals surface area contributed by atoms with Gasteiger partial charge in [0.15, 0.2) is 11.7 Å². The molecule has 30 heavy (non-hydrogen) atoms. The van der Waals surface area contributed by atoms with Gasteiger partial charge in [-0.15, -0.1) is 0 Å². The normalized spacial score (nSPS) is 11.4. The average molecular weight is 410 g/mol. The number of guanidine groups is 1. The van der Waals surface area contributed by atoms with E-state index in [1.807, 2.05) is 32.0 Å². The Balaban J connectivity index is 2.04. The molecule has 2 rings (SSSR count). The molecule has 0 aromatic heterocycles. The van der Waals surface area contributed by atoms with Crippen LogP contribution in [0.4, 0.5) is 5.69 Å². The lowest BCUT2D eigenvalue weighted by molar-refractivity contribution is -0.137. The third-order valence-electron chi connectivity index (χ3n) is 4.42.